The van der Waals surface area contributed by atoms with Crippen LogP contribution in [0.5, 0.6) is 0 Å². The van der Waals surface area contributed by atoms with E-state index in [-0.39, 0.29) is 11.3 Å². The number of aromatic nitrogens is 1. The summed E-state index contributed by atoms with van der Waals surface area (Å²) in [6, 6.07) is 3.87. The molecule has 1 aliphatic carbocycles. The van der Waals surface area contributed by atoms with E-state index in [0.717, 1.165) is 37.1 Å². The minimum absolute atomic E-state index is 0.0111. The first-order valence-corrected chi connectivity index (χ1v) is 8.30. The van der Waals surface area contributed by atoms with Gasteiger partial charge in [-0.05, 0) is 37.5 Å². The van der Waals surface area contributed by atoms with Crippen molar-refractivity contribution in [3.8, 4) is 0 Å². The molecule has 2 atom stereocenters. The van der Waals surface area contributed by atoms with E-state index >= 15 is 0 Å². The van der Waals surface area contributed by atoms with Gasteiger partial charge >= 0.3 is 0 Å². The van der Waals surface area contributed by atoms with Gasteiger partial charge in [-0.15, -0.1) is 0 Å². The van der Waals surface area contributed by atoms with Crippen LogP contribution in [0.3, 0.4) is 0 Å². The maximum atomic E-state index is 11.8. The first-order valence-electron chi connectivity index (χ1n) is 6.35. The zero-order valence-corrected chi connectivity index (χ0v) is 11.7. The summed E-state index contributed by atoms with van der Waals surface area (Å²) >= 11 is 0. The SMILES string of the molecule is Cc1ccnc(NC2CCCCC2S(C)(=O)=O)c1. The summed E-state index contributed by atoms with van der Waals surface area (Å²) in [6.45, 7) is 2.00. The minimum Gasteiger partial charge on any atom is -0.366 e. The van der Waals surface area contributed by atoms with Crippen LogP contribution in [-0.4, -0.2) is 30.9 Å². The van der Waals surface area contributed by atoms with E-state index in [1.54, 1.807) is 6.20 Å². The van der Waals surface area contributed by atoms with Gasteiger partial charge in [-0.2, -0.15) is 0 Å². The van der Waals surface area contributed by atoms with Gasteiger partial charge in [-0.3, -0.25) is 0 Å². The Morgan fingerprint density at radius 2 is 2.06 bits per heavy atom. The van der Waals surface area contributed by atoms with Gasteiger partial charge in [0, 0.05) is 18.5 Å². The molecule has 100 valence electrons. The van der Waals surface area contributed by atoms with Crippen LogP contribution in [0.1, 0.15) is 31.2 Å². The molecule has 1 saturated carbocycles. The topological polar surface area (TPSA) is 59.1 Å². The third kappa shape index (κ3) is 3.22. The lowest BCUT2D eigenvalue weighted by Crippen LogP contribution is -2.41. The third-order valence-electron chi connectivity index (χ3n) is 3.50. The fraction of sp³-hybridized carbons (Fsp3) is 0.615. The van der Waals surface area contributed by atoms with Crippen LogP contribution in [0.4, 0.5) is 5.82 Å². The first kappa shape index (κ1) is 13.3. The van der Waals surface area contributed by atoms with Crippen molar-refractivity contribution >= 4 is 15.7 Å². The van der Waals surface area contributed by atoms with Crippen molar-refractivity contribution < 1.29 is 8.42 Å². The van der Waals surface area contributed by atoms with Crippen molar-refractivity contribution in [2.45, 2.75) is 43.9 Å². The van der Waals surface area contributed by atoms with Gasteiger partial charge in [0.15, 0.2) is 9.84 Å². The number of rotatable bonds is 3. The summed E-state index contributed by atoms with van der Waals surface area (Å²) < 4.78 is 23.6. The lowest BCUT2D eigenvalue weighted by Gasteiger charge is -2.31. The van der Waals surface area contributed by atoms with Crippen LogP contribution in [0.15, 0.2) is 18.3 Å². The van der Waals surface area contributed by atoms with Crippen LogP contribution < -0.4 is 5.32 Å². The monoisotopic (exact) mass is 268 g/mol. The fourth-order valence-electron chi connectivity index (χ4n) is 2.58. The second-order valence-electron chi connectivity index (χ2n) is 5.12. The highest BCUT2D eigenvalue weighted by Gasteiger charge is 2.32. The molecule has 1 aromatic rings. The molecule has 2 unspecified atom stereocenters. The molecule has 0 saturated heterocycles. The van der Waals surface area contributed by atoms with Gasteiger partial charge in [0.05, 0.1) is 5.25 Å². The highest BCUT2D eigenvalue weighted by atomic mass is 32.2. The van der Waals surface area contributed by atoms with Gasteiger partial charge in [-0.1, -0.05) is 12.8 Å². The molecule has 2 rings (SSSR count). The Morgan fingerprint density at radius 3 is 2.72 bits per heavy atom. The molecule has 0 aromatic carbocycles. The van der Waals surface area contributed by atoms with Gasteiger partial charge < -0.3 is 5.32 Å². The van der Waals surface area contributed by atoms with Crippen molar-refractivity contribution in [3.63, 3.8) is 0 Å². The minimum atomic E-state index is -3.00. The Morgan fingerprint density at radius 1 is 1.33 bits per heavy atom. The Bertz CT molecular complexity index is 513. The highest BCUT2D eigenvalue weighted by Crippen LogP contribution is 2.26. The molecule has 0 spiro atoms. The standard InChI is InChI=1S/C13H20N2O2S/c1-10-7-8-14-13(9-10)15-11-5-3-4-6-12(11)18(2,16)17/h7-9,11-12H,3-6H2,1-2H3,(H,14,15). The van der Waals surface area contributed by atoms with Crippen molar-refractivity contribution in [1.82, 2.24) is 4.98 Å². The van der Waals surface area contributed by atoms with Gasteiger partial charge in [0.1, 0.15) is 5.82 Å². The van der Waals surface area contributed by atoms with Crippen LogP contribution in [0.25, 0.3) is 0 Å². The molecule has 1 N–H and O–H groups in total. The zero-order valence-electron chi connectivity index (χ0n) is 10.9. The second kappa shape index (κ2) is 5.26. The molecule has 5 heteroatoms. The van der Waals surface area contributed by atoms with Crippen LogP contribution >= 0.6 is 0 Å². The first-order chi connectivity index (χ1) is 8.47. The number of nitrogens with zero attached hydrogens (tertiary/aromatic N) is 1. The third-order valence-corrected chi connectivity index (χ3v) is 5.17. The molecule has 0 radical (unpaired) electrons. The van der Waals surface area contributed by atoms with E-state index in [1.807, 2.05) is 19.1 Å². The van der Waals surface area contributed by atoms with Crippen molar-refractivity contribution in [2.24, 2.45) is 0 Å². The number of nitrogens with one attached hydrogen (secondary N) is 1. The Labute approximate surface area is 109 Å². The van der Waals surface area contributed by atoms with E-state index in [1.165, 1.54) is 6.26 Å². The van der Waals surface area contributed by atoms with Gasteiger partial charge in [0.2, 0.25) is 0 Å². The summed E-state index contributed by atoms with van der Waals surface area (Å²) in [6.07, 6.45) is 6.81. The van der Waals surface area contributed by atoms with Gasteiger partial charge in [-0.25, -0.2) is 13.4 Å². The van der Waals surface area contributed by atoms with Crippen molar-refractivity contribution in [3.05, 3.63) is 23.9 Å². The Balaban J connectivity index is 2.15. The number of anilines is 1. The largest absolute Gasteiger partial charge is 0.366 e. The highest BCUT2D eigenvalue weighted by molar-refractivity contribution is 7.91. The maximum absolute atomic E-state index is 11.8. The van der Waals surface area contributed by atoms with Crippen LogP contribution in [-0.2, 0) is 9.84 Å². The van der Waals surface area contributed by atoms with E-state index in [0.29, 0.717) is 0 Å². The molecular weight excluding hydrogens is 248 g/mol. The summed E-state index contributed by atoms with van der Waals surface area (Å²) in [5, 5.41) is 3.00. The predicted octanol–water partition coefficient (Wildman–Crippen LogP) is 2.16. The molecule has 4 nitrogen and oxygen atoms in total. The summed E-state index contributed by atoms with van der Waals surface area (Å²) in [4.78, 5) is 4.24. The smallest absolute Gasteiger partial charge is 0.152 e. The molecule has 0 aliphatic heterocycles. The molecule has 18 heavy (non-hydrogen) atoms. The normalized spacial score (nSPS) is 24.8. The summed E-state index contributed by atoms with van der Waals surface area (Å²) in [5.74, 6) is 0.774. The number of aryl methyl sites for hydroxylation is 1. The molecule has 1 fully saturated rings. The summed E-state index contributed by atoms with van der Waals surface area (Å²) in [5.41, 5.74) is 1.12. The molecule has 1 aliphatic rings. The van der Waals surface area contributed by atoms with E-state index < -0.39 is 9.84 Å². The molecule has 1 aromatic heterocycles. The molecule has 0 amide bonds. The zero-order chi connectivity index (χ0) is 13.2. The Kier molecular flexibility index (Phi) is 3.90. The van der Waals surface area contributed by atoms with Gasteiger partial charge in [0.25, 0.3) is 0 Å². The van der Waals surface area contributed by atoms with Crippen LogP contribution in [0.2, 0.25) is 0 Å². The van der Waals surface area contributed by atoms with Crippen molar-refractivity contribution in [2.75, 3.05) is 11.6 Å². The van der Waals surface area contributed by atoms with E-state index in [4.69, 9.17) is 0 Å². The molecule has 1 heterocycles. The molecule has 0 bridgehead atoms. The lowest BCUT2D eigenvalue weighted by atomic mass is 9.95. The second-order valence-corrected chi connectivity index (χ2v) is 7.39. The van der Waals surface area contributed by atoms with E-state index in [2.05, 4.69) is 10.3 Å². The lowest BCUT2D eigenvalue weighted by molar-refractivity contribution is 0.451. The number of pyridine rings is 1. The number of hydrogen-bond donors (Lipinski definition) is 1. The van der Waals surface area contributed by atoms with E-state index in [9.17, 15) is 8.42 Å². The predicted molar refractivity (Wildman–Crippen MR) is 73.5 cm³/mol. The van der Waals surface area contributed by atoms with Crippen molar-refractivity contribution in [1.29, 1.82) is 0 Å². The summed E-state index contributed by atoms with van der Waals surface area (Å²) in [7, 11) is -3.00. The quantitative estimate of drug-likeness (QED) is 0.912. The van der Waals surface area contributed by atoms with Crippen LogP contribution in [0, 0.1) is 6.92 Å². The Hall–Kier alpha value is -1.10. The average molecular weight is 268 g/mol. The number of sulfone groups is 1. The average Bonchev–Trinajstić information content (AvgIpc) is 2.28. The fourth-order valence-corrected chi connectivity index (χ4v) is 3.98. The number of hydrogen-bond acceptors (Lipinski definition) is 4. The molecular formula is C13H20N2O2S. The maximum Gasteiger partial charge on any atom is 0.152 e.